The molecule has 1 atom stereocenters. The van der Waals surface area contributed by atoms with Gasteiger partial charge in [-0.15, -0.1) is 0 Å². The van der Waals surface area contributed by atoms with Gasteiger partial charge in [-0.05, 0) is 13.8 Å². The van der Waals surface area contributed by atoms with E-state index in [4.69, 9.17) is 5.11 Å². The normalized spacial score (nSPS) is 14.4. The molecule has 0 aliphatic heterocycles. The van der Waals surface area contributed by atoms with Gasteiger partial charge >= 0.3 is 22.5 Å². The molecule has 0 aliphatic carbocycles. The zero-order chi connectivity index (χ0) is 14.6. The van der Waals surface area contributed by atoms with Crippen LogP contribution in [0.1, 0.15) is 13.8 Å². The van der Waals surface area contributed by atoms with Crippen LogP contribution < -0.4 is 9.44 Å². The van der Waals surface area contributed by atoms with Gasteiger partial charge in [0.15, 0.2) is 6.10 Å². The number of aliphatic hydroxyl groups is 1. The second-order valence-corrected chi connectivity index (χ2v) is 4.97. The van der Waals surface area contributed by atoms with Gasteiger partial charge in [-0.2, -0.15) is 26.3 Å². The third-order valence-electron chi connectivity index (χ3n) is 1.40. The van der Waals surface area contributed by atoms with E-state index in [0.29, 0.717) is 0 Å². The Balaban J connectivity index is 4.29. The van der Waals surface area contributed by atoms with Gasteiger partial charge < -0.3 is 9.84 Å². The predicted molar refractivity (Wildman–Crippen MR) is 53.7 cm³/mol. The maximum Gasteiger partial charge on any atom is 0.422 e. The summed E-state index contributed by atoms with van der Waals surface area (Å²) in [6.45, 7) is 1.59. The van der Waals surface area contributed by atoms with Gasteiger partial charge in [0.2, 0.25) is 0 Å². The van der Waals surface area contributed by atoms with Gasteiger partial charge in [0.05, 0.1) is 6.10 Å². The van der Waals surface area contributed by atoms with Gasteiger partial charge in [0.1, 0.15) is 0 Å². The monoisotopic (exact) mass is 294 g/mol. The minimum atomic E-state index is -4.96. The number of hydrogen-bond donors (Lipinski definition) is 3. The lowest BCUT2D eigenvalue weighted by atomic mass is 10.4. The lowest BCUT2D eigenvalue weighted by Crippen LogP contribution is -2.46. The third-order valence-corrected chi connectivity index (χ3v) is 2.39. The molecule has 3 N–H and O–H groups in total. The van der Waals surface area contributed by atoms with Crippen molar-refractivity contribution in [2.45, 2.75) is 32.2 Å². The number of carbonyl (C=O) groups excluding carboxylic acids is 1. The number of rotatable bonds is 5. The Morgan fingerprint density at radius 3 is 2.28 bits per heavy atom. The van der Waals surface area contributed by atoms with Crippen molar-refractivity contribution in [1.29, 1.82) is 0 Å². The summed E-state index contributed by atoms with van der Waals surface area (Å²) < 4.78 is 64.8. The van der Waals surface area contributed by atoms with Gasteiger partial charge in [-0.3, -0.25) is 0 Å². The van der Waals surface area contributed by atoms with Crippen molar-refractivity contribution in [3.8, 4) is 0 Å². The molecule has 0 spiro atoms. The van der Waals surface area contributed by atoms with Crippen LogP contribution in [0.2, 0.25) is 0 Å². The van der Waals surface area contributed by atoms with Crippen LogP contribution in [-0.4, -0.2) is 44.5 Å². The van der Waals surface area contributed by atoms with Crippen LogP contribution in [0.4, 0.5) is 18.0 Å². The standard InChI is InChI=1S/C7H13F3N2O5S/c1-4(2)17-6(14)12-18(15,16)11-3-5(13)7(8,9)10/h4-5,11,13H,3H2,1-2H3,(H,12,14). The molecule has 0 fully saturated rings. The highest BCUT2D eigenvalue weighted by Crippen LogP contribution is 2.19. The molecule has 7 nitrogen and oxygen atoms in total. The van der Waals surface area contributed by atoms with Gasteiger partial charge in [0.25, 0.3) is 0 Å². The van der Waals surface area contributed by atoms with Gasteiger partial charge in [0, 0.05) is 6.54 Å². The van der Waals surface area contributed by atoms with Crippen LogP contribution >= 0.6 is 0 Å². The molecule has 0 saturated carbocycles. The van der Waals surface area contributed by atoms with Crippen LogP contribution in [0.25, 0.3) is 0 Å². The summed E-state index contributed by atoms with van der Waals surface area (Å²) in [5.74, 6) is 0. The van der Waals surface area contributed by atoms with E-state index in [9.17, 15) is 26.4 Å². The van der Waals surface area contributed by atoms with Crippen molar-refractivity contribution < 1.29 is 36.2 Å². The first-order chi connectivity index (χ1) is 7.94. The molecule has 0 aromatic heterocycles. The average molecular weight is 294 g/mol. The molecule has 0 radical (unpaired) electrons. The zero-order valence-corrected chi connectivity index (χ0v) is 10.3. The molecule has 0 aromatic rings. The second kappa shape index (κ2) is 6.20. The number of nitrogens with one attached hydrogen (secondary N) is 2. The maximum atomic E-state index is 11.9. The van der Waals surface area contributed by atoms with E-state index in [1.165, 1.54) is 23.3 Å². The van der Waals surface area contributed by atoms with Crippen LogP contribution in [0, 0.1) is 0 Å². The van der Waals surface area contributed by atoms with Gasteiger partial charge in [-0.25, -0.2) is 9.52 Å². The van der Waals surface area contributed by atoms with Crippen molar-refractivity contribution in [2.24, 2.45) is 0 Å². The van der Waals surface area contributed by atoms with E-state index < -0.39 is 41.2 Å². The van der Waals surface area contributed by atoms with Crippen molar-refractivity contribution >= 4 is 16.3 Å². The van der Waals surface area contributed by atoms with E-state index in [1.54, 1.807) is 0 Å². The molecule has 1 unspecified atom stereocenters. The number of halogens is 3. The van der Waals surface area contributed by atoms with Crippen LogP contribution in [0.3, 0.4) is 0 Å². The number of amides is 1. The Kier molecular flexibility index (Phi) is 5.83. The summed E-state index contributed by atoms with van der Waals surface area (Å²) in [4.78, 5) is 10.9. The van der Waals surface area contributed by atoms with Gasteiger partial charge in [-0.1, -0.05) is 0 Å². The topological polar surface area (TPSA) is 105 Å². The molecular formula is C7H13F3N2O5S. The Labute approximate surface area is 101 Å². The molecule has 18 heavy (non-hydrogen) atoms. The fourth-order valence-electron chi connectivity index (χ4n) is 0.688. The van der Waals surface area contributed by atoms with E-state index in [0.717, 1.165) is 0 Å². The van der Waals surface area contributed by atoms with Crippen LogP contribution in [0.15, 0.2) is 0 Å². The quantitative estimate of drug-likeness (QED) is 0.655. The van der Waals surface area contributed by atoms with E-state index in [-0.39, 0.29) is 0 Å². The number of alkyl halides is 3. The minimum absolute atomic E-state index is 0.596. The highest BCUT2D eigenvalue weighted by Gasteiger charge is 2.38. The number of aliphatic hydroxyl groups excluding tert-OH is 1. The smallest absolute Gasteiger partial charge is 0.422 e. The van der Waals surface area contributed by atoms with E-state index >= 15 is 0 Å². The summed E-state index contributed by atoms with van der Waals surface area (Å²) in [5.41, 5.74) is 0. The first-order valence-corrected chi connectivity index (χ1v) is 6.15. The number of ether oxygens (including phenoxy) is 1. The highest BCUT2D eigenvalue weighted by atomic mass is 32.2. The Morgan fingerprint density at radius 2 is 1.89 bits per heavy atom. The fraction of sp³-hybridized carbons (Fsp3) is 0.857. The molecule has 0 saturated heterocycles. The Hall–Kier alpha value is -1.07. The lowest BCUT2D eigenvalue weighted by molar-refractivity contribution is -0.200. The molecule has 0 aromatic carbocycles. The highest BCUT2D eigenvalue weighted by molar-refractivity contribution is 7.88. The largest absolute Gasteiger partial charge is 0.446 e. The SMILES string of the molecule is CC(C)OC(=O)NS(=O)(=O)NCC(O)C(F)(F)F. The summed E-state index contributed by atoms with van der Waals surface area (Å²) in [6, 6.07) is 0. The third kappa shape index (κ3) is 7.29. The first kappa shape index (κ1) is 16.9. The maximum absolute atomic E-state index is 11.9. The molecule has 0 rings (SSSR count). The molecule has 0 heterocycles. The van der Waals surface area contributed by atoms with E-state index in [1.807, 2.05) is 0 Å². The lowest BCUT2D eigenvalue weighted by Gasteiger charge is -2.15. The molecule has 11 heteroatoms. The van der Waals surface area contributed by atoms with Crippen LogP contribution in [-0.2, 0) is 14.9 Å². The fourth-order valence-corrected chi connectivity index (χ4v) is 1.41. The molecule has 0 bridgehead atoms. The van der Waals surface area contributed by atoms with Crippen molar-refractivity contribution in [3.05, 3.63) is 0 Å². The summed E-state index contributed by atoms with van der Waals surface area (Å²) >= 11 is 0. The average Bonchev–Trinajstić information content (AvgIpc) is 2.09. The minimum Gasteiger partial charge on any atom is -0.446 e. The summed E-state index contributed by atoms with van der Waals surface area (Å²) in [6.07, 6.45) is -9.75. The van der Waals surface area contributed by atoms with Crippen molar-refractivity contribution in [2.75, 3.05) is 6.54 Å². The van der Waals surface area contributed by atoms with E-state index in [2.05, 4.69) is 4.74 Å². The Bertz CT molecular complexity index is 381. The Morgan fingerprint density at radius 1 is 1.39 bits per heavy atom. The molecule has 108 valence electrons. The number of hydrogen-bond acceptors (Lipinski definition) is 5. The molecule has 0 aliphatic rings. The van der Waals surface area contributed by atoms with Crippen molar-refractivity contribution in [3.63, 3.8) is 0 Å². The van der Waals surface area contributed by atoms with Crippen molar-refractivity contribution in [1.82, 2.24) is 9.44 Å². The van der Waals surface area contributed by atoms with Crippen LogP contribution in [0.5, 0.6) is 0 Å². The predicted octanol–water partition coefficient (Wildman–Crippen LogP) is -0.121. The number of carbonyl (C=O) groups is 1. The first-order valence-electron chi connectivity index (χ1n) is 4.67. The second-order valence-electron chi connectivity index (χ2n) is 3.47. The summed E-state index contributed by atoms with van der Waals surface area (Å²) in [7, 11) is -4.52. The zero-order valence-electron chi connectivity index (χ0n) is 9.48. The molecule has 1 amide bonds. The summed E-state index contributed by atoms with van der Waals surface area (Å²) in [5, 5.41) is 8.53. The molecular weight excluding hydrogens is 281 g/mol.